The number of hydrogen-bond donors (Lipinski definition) is 1. The van der Waals surface area contributed by atoms with Crippen LogP contribution in [0.3, 0.4) is 0 Å². The molecule has 0 aromatic carbocycles. The third-order valence-corrected chi connectivity index (χ3v) is 22.4. The molecule has 7 nitrogen and oxygen atoms in total. The number of carbonyl (C=O) groups is 2. The summed E-state index contributed by atoms with van der Waals surface area (Å²) in [5.74, 6) is 0.453. The van der Waals surface area contributed by atoms with E-state index in [2.05, 4.69) is 26.1 Å². The van der Waals surface area contributed by atoms with Gasteiger partial charge in [-0.05, 0) is 0 Å². The first-order chi connectivity index (χ1) is 17.3. The van der Waals surface area contributed by atoms with Crippen LogP contribution in [-0.4, -0.2) is 57.2 Å². The Morgan fingerprint density at radius 1 is 0.919 bits per heavy atom. The summed E-state index contributed by atoms with van der Waals surface area (Å²) < 4.78 is 18.3. The van der Waals surface area contributed by atoms with E-state index in [4.69, 9.17) is 14.5 Å². The summed E-state index contributed by atoms with van der Waals surface area (Å²) in [6.45, 7) is 18.2. The summed E-state index contributed by atoms with van der Waals surface area (Å²) in [4.78, 5) is 31.5. The number of aromatic nitrogens is 2. The summed E-state index contributed by atoms with van der Waals surface area (Å²) >= 11 is -3.01. The first kappa shape index (κ1) is 32.1. The Morgan fingerprint density at radius 3 is 1.89 bits per heavy atom. The number of unbranched alkanes of at least 4 members (excludes halogenated alkanes) is 3. The molecule has 2 unspecified atom stereocenters. The van der Waals surface area contributed by atoms with Crippen molar-refractivity contribution in [2.45, 2.75) is 150 Å². The number of imidazole rings is 1. The zero-order valence-electron chi connectivity index (χ0n) is 25.0. The van der Waals surface area contributed by atoms with E-state index in [0.29, 0.717) is 12.2 Å². The van der Waals surface area contributed by atoms with Crippen molar-refractivity contribution in [1.29, 1.82) is 0 Å². The monoisotopic (exact) mass is 627 g/mol. The fraction of sp³-hybridized carbons (Fsp3) is 0.828. The van der Waals surface area contributed by atoms with Gasteiger partial charge in [-0.25, -0.2) is 0 Å². The van der Waals surface area contributed by atoms with Crippen molar-refractivity contribution < 1.29 is 19.1 Å². The van der Waals surface area contributed by atoms with Gasteiger partial charge in [0.05, 0.1) is 0 Å². The molecule has 1 aromatic rings. The third kappa shape index (κ3) is 9.26. The van der Waals surface area contributed by atoms with E-state index in [1.807, 2.05) is 52.3 Å². The van der Waals surface area contributed by atoms with Crippen LogP contribution in [-0.2, 0) is 14.3 Å². The van der Waals surface area contributed by atoms with E-state index in [-0.39, 0.29) is 18.1 Å². The van der Waals surface area contributed by atoms with Crippen molar-refractivity contribution in [3.8, 4) is 0 Å². The number of hydrogen-bond acceptors (Lipinski definition) is 6. The van der Waals surface area contributed by atoms with Crippen LogP contribution >= 0.6 is 0 Å². The number of ether oxygens (including phenoxy) is 2. The molecule has 1 aliphatic heterocycles. The van der Waals surface area contributed by atoms with Crippen molar-refractivity contribution >= 4 is 34.1 Å². The molecule has 1 N–H and O–H groups in total. The number of nitrogens with zero attached hydrogens (tertiary/aromatic N) is 2. The molecule has 1 saturated heterocycles. The first-order valence-electron chi connectivity index (χ1n) is 14.6. The van der Waals surface area contributed by atoms with Crippen molar-refractivity contribution in [3.63, 3.8) is 0 Å². The molecule has 0 spiro atoms. The van der Waals surface area contributed by atoms with Gasteiger partial charge < -0.3 is 0 Å². The summed E-state index contributed by atoms with van der Waals surface area (Å²) in [6, 6.07) is -0.587. The number of nitrogens with one attached hydrogen (secondary N) is 1. The molecule has 2 rings (SSSR count). The molecule has 8 heteroatoms. The third-order valence-electron chi connectivity index (χ3n) is 7.08. The van der Waals surface area contributed by atoms with Crippen molar-refractivity contribution in [2.75, 3.05) is 0 Å². The molecule has 0 bridgehead atoms. The van der Waals surface area contributed by atoms with Gasteiger partial charge in [0.2, 0.25) is 0 Å². The minimum absolute atomic E-state index is 0.189. The molecular weight excluding hydrogens is 573 g/mol. The average molecular weight is 626 g/mol. The van der Waals surface area contributed by atoms with Crippen LogP contribution in [0.5, 0.6) is 0 Å². The molecule has 1 aliphatic rings. The molecule has 2 atom stereocenters. The van der Waals surface area contributed by atoms with Crippen LogP contribution in [0.1, 0.15) is 126 Å². The van der Waals surface area contributed by atoms with E-state index in [1.54, 1.807) is 0 Å². The Hall–Kier alpha value is -1.09. The fourth-order valence-electron chi connectivity index (χ4n) is 5.30. The van der Waals surface area contributed by atoms with E-state index in [9.17, 15) is 9.59 Å². The SMILES string of the molecule is CCC[CH2][Sn]([CH2]CCC)([CH2]CCC)[c]1cnc(C2CCC(C(=O)OC(C)(C)C)N2)n1C(=O)OC(C)(C)C. The second-order valence-electron chi connectivity index (χ2n) is 12.8. The molecule has 212 valence electrons. The Morgan fingerprint density at radius 2 is 1.43 bits per heavy atom. The quantitative estimate of drug-likeness (QED) is 0.202. The predicted molar refractivity (Wildman–Crippen MR) is 153 cm³/mol. The standard InChI is InChI=1S/C17H26N3O4.3C4H9.Sn/c1-16(2,3)23-14(21)12-8-7-11(19-12)13-18-9-10-20(13)15(22)24-17(4,5)6;3*1-3-4-2;/h9,11-12,19H,7-8H2,1-6H3;3*1,3-4H2,2H3;. The predicted octanol–water partition coefficient (Wildman–Crippen LogP) is 6.86. The van der Waals surface area contributed by atoms with Crippen LogP contribution in [0, 0.1) is 0 Å². The summed E-state index contributed by atoms with van der Waals surface area (Å²) in [5.41, 5.74) is -1.14. The second kappa shape index (κ2) is 13.8. The maximum absolute atomic E-state index is 13.8. The summed E-state index contributed by atoms with van der Waals surface area (Å²) in [5, 5.41) is 3.44. The molecule has 2 heterocycles. The second-order valence-corrected chi connectivity index (χ2v) is 25.8. The zero-order chi connectivity index (χ0) is 27.9. The van der Waals surface area contributed by atoms with Gasteiger partial charge in [-0.15, -0.1) is 0 Å². The fourth-order valence-corrected chi connectivity index (χ4v) is 21.4. The van der Waals surface area contributed by atoms with Gasteiger partial charge in [0.15, 0.2) is 0 Å². The van der Waals surface area contributed by atoms with Crippen molar-refractivity contribution in [2.24, 2.45) is 0 Å². The minimum atomic E-state index is -3.01. The van der Waals surface area contributed by atoms with E-state index in [0.717, 1.165) is 25.7 Å². The molecule has 0 amide bonds. The van der Waals surface area contributed by atoms with Gasteiger partial charge in [0.25, 0.3) is 0 Å². The van der Waals surface area contributed by atoms with Gasteiger partial charge in [-0.1, -0.05) is 0 Å². The molecule has 1 fully saturated rings. The average Bonchev–Trinajstić information content (AvgIpc) is 3.44. The van der Waals surface area contributed by atoms with Crippen LogP contribution < -0.4 is 9.03 Å². The van der Waals surface area contributed by atoms with E-state index >= 15 is 0 Å². The van der Waals surface area contributed by atoms with Gasteiger partial charge in [-0.2, -0.15) is 0 Å². The van der Waals surface area contributed by atoms with Crippen molar-refractivity contribution in [3.05, 3.63) is 12.0 Å². The molecule has 0 radical (unpaired) electrons. The first-order valence-corrected chi connectivity index (χ1v) is 22.1. The summed E-state index contributed by atoms with van der Waals surface area (Å²) in [6.07, 6.45) is 10.1. The van der Waals surface area contributed by atoms with Gasteiger partial charge in [-0.3, -0.25) is 0 Å². The van der Waals surface area contributed by atoms with E-state index < -0.39 is 35.6 Å². The Bertz CT molecular complexity index is 863. The van der Waals surface area contributed by atoms with Crippen molar-refractivity contribution in [1.82, 2.24) is 14.9 Å². The van der Waals surface area contributed by atoms with Crippen LogP contribution in [0.25, 0.3) is 0 Å². The number of rotatable bonds is 12. The van der Waals surface area contributed by atoms with Gasteiger partial charge >= 0.3 is 230 Å². The van der Waals surface area contributed by atoms with Crippen LogP contribution in [0.15, 0.2) is 6.20 Å². The Labute approximate surface area is 229 Å². The molecule has 0 aliphatic carbocycles. The normalized spacial score (nSPS) is 18.7. The molecule has 0 saturated carbocycles. The summed E-state index contributed by atoms with van der Waals surface area (Å²) in [7, 11) is 0. The van der Waals surface area contributed by atoms with E-state index in [1.165, 1.54) is 36.3 Å². The number of carbonyl (C=O) groups excluding carboxylic acids is 2. The molecule has 37 heavy (non-hydrogen) atoms. The topological polar surface area (TPSA) is 82.5 Å². The van der Waals surface area contributed by atoms with Gasteiger partial charge in [0.1, 0.15) is 0 Å². The number of esters is 1. The Balaban J connectivity index is 2.55. The van der Waals surface area contributed by atoms with Gasteiger partial charge in [0, 0.05) is 0 Å². The molecule has 1 aromatic heterocycles. The maximum atomic E-state index is 13.8. The zero-order valence-corrected chi connectivity index (χ0v) is 27.9. The van der Waals surface area contributed by atoms with Crippen LogP contribution in [0.4, 0.5) is 4.79 Å². The molecular formula is C29H53N3O4Sn. The van der Waals surface area contributed by atoms with Crippen LogP contribution in [0.2, 0.25) is 13.3 Å². The Kier molecular flexibility index (Phi) is 12.0.